The fourth-order valence-electron chi connectivity index (χ4n) is 4.21. The number of likely N-dealkylation sites (tertiary alicyclic amines) is 1. The van der Waals surface area contributed by atoms with Gasteiger partial charge in [-0.2, -0.15) is 0 Å². The molecule has 1 fully saturated rings. The van der Waals surface area contributed by atoms with E-state index in [-0.39, 0.29) is 6.10 Å². The number of guanidine groups is 1. The Hall–Kier alpha value is -1.99. The minimum absolute atomic E-state index is 0.225. The molecule has 1 saturated heterocycles. The second-order valence-corrected chi connectivity index (χ2v) is 8.21. The van der Waals surface area contributed by atoms with Crippen LogP contribution in [0.15, 0.2) is 17.1 Å². The third-order valence-corrected chi connectivity index (χ3v) is 5.80. The Morgan fingerprint density at radius 3 is 2.77 bits per heavy atom. The first-order chi connectivity index (χ1) is 14.6. The maximum Gasteiger partial charge on any atom is 0.191 e. The van der Waals surface area contributed by atoms with Gasteiger partial charge < -0.3 is 29.7 Å². The minimum Gasteiger partial charge on any atom is -0.496 e. The topological polar surface area (TPSA) is 67.4 Å². The monoisotopic (exact) mass is 418 g/mol. The first-order valence-corrected chi connectivity index (χ1v) is 11.3. The Balaban J connectivity index is 1.57. The molecule has 0 saturated carbocycles. The van der Waals surface area contributed by atoms with Gasteiger partial charge in [-0.3, -0.25) is 0 Å². The van der Waals surface area contributed by atoms with Crippen LogP contribution < -0.4 is 20.1 Å². The molecule has 7 heteroatoms. The van der Waals surface area contributed by atoms with E-state index in [1.54, 1.807) is 14.2 Å². The van der Waals surface area contributed by atoms with Gasteiger partial charge in [0.25, 0.3) is 0 Å². The zero-order valence-corrected chi connectivity index (χ0v) is 19.0. The fraction of sp³-hybridized carbons (Fsp3) is 0.696. The molecule has 0 aromatic heterocycles. The highest BCUT2D eigenvalue weighted by Gasteiger charge is 2.22. The summed E-state index contributed by atoms with van der Waals surface area (Å²) in [5.74, 6) is 2.72. The molecule has 0 aliphatic carbocycles. The van der Waals surface area contributed by atoms with Crippen LogP contribution >= 0.6 is 0 Å². The number of piperidine rings is 1. The number of hydrogen-bond donors (Lipinski definition) is 2. The van der Waals surface area contributed by atoms with Gasteiger partial charge in [-0.25, -0.2) is 4.99 Å². The maximum absolute atomic E-state index is 5.92. The van der Waals surface area contributed by atoms with Crippen LogP contribution in [0.2, 0.25) is 0 Å². The van der Waals surface area contributed by atoms with Gasteiger partial charge in [0.05, 0.1) is 13.7 Å². The molecule has 2 N–H and O–H groups in total. The predicted molar refractivity (Wildman–Crippen MR) is 121 cm³/mol. The third kappa shape index (κ3) is 6.25. The molecule has 2 aliphatic heterocycles. The highest BCUT2D eigenvalue weighted by atomic mass is 16.5. The van der Waals surface area contributed by atoms with Gasteiger partial charge in [-0.05, 0) is 45.2 Å². The average Bonchev–Trinajstić information content (AvgIpc) is 3.11. The molecule has 1 atom stereocenters. The zero-order valence-electron chi connectivity index (χ0n) is 19.0. The van der Waals surface area contributed by atoms with Crippen molar-refractivity contribution in [2.45, 2.75) is 58.2 Å². The standard InChI is InChI=1S/C23H38N4O3/c1-5-24-23(26-20-7-10-27(11-8-20)9-6-12-28-3)25-16-19-15-22-18(13-17(2)30-22)14-21(19)29-4/h14-15,17,20H,5-13,16H2,1-4H3,(H2,24,25,26). The highest BCUT2D eigenvalue weighted by Crippen LogP contribution is 2.35. The maximum atomic E-state index is 5.92. The Bertz CT molecular complexity index is 702. The second-order valence-electron chi connectivity index (χ2n) is 8.21. The Kier molecular flexibility index (Phi) is 8.63. The molecule has 7 nitrogen and oxygen atoms in total. The molecule has 1 aromatic rings. The summed E-state index contributed by atoms with van der Waals surface area (Å²) in [5, 5.41) is 7.01. The molecule has 168 valence electrons. The third-order valence-electron chi connectivity index (χ3n) is 5.80. The Morgan fingerprint density at radius 2 is 2.07 bits per heavy atom. The van der Waals surface area contributed by atoms with Gasteiger partial charge in [0, 0.05) is 63.5 Å². The second kappa shape index (κ2) is 11.4. The number of benzene rings is 1. The number of methoxy groups -OCH3 is 2. The minimum atomic E-state index is 0.225. The van der Waals surface area contributed by atoms with Crippen molar-refractivity contribution in [1.29, 1.82) is 0 Å². The van der Waals surface area contributed by atoms with E-state index in [0.717, 1.165) is 81.5 Å². The molecule has 1 unspecified atom stereocenters. The lowest BCUT2D eigenvalue weighted by Gasteiger charge is -2.33. The number of fused-ring (bicyclic) bond motifs is 1. The first-order valence-electron chi connectivity index (χ1n) is 11.3. The molecular weight excluding hydrogens is 380 g/mol. The first kappa shape index (κ1) is 22.7. The van der Waals surface area contributed by atoms with Crippen LogP contribution in [0.3, 0.4) is 0 Å². The van der Waals surface area contributed by atoms with E-state index in [1.165, 1.54) is 5.56 Å². The molecule has 0 amide bonds. The molecular formula is C23H38N4O3. The summed E-state index contributed by atoms with van der Waals surface area (Å²) >= 11 is 0. The van der Waals surface area contributed by atoms with E-state index < -0.39 is 0 Å². The number of rotatable bonds is 9. The van der Waals surface area contributed by atoms with Crippen LogP contribution in [0, 0.1) is 0 Å². The molecule has 3 rings (SSSR count). The van der Waals surface area contributed by atoms with Crippen molar-refractivity contribution < 1.29 is 14.2 Å². The van der Waals surface area contributed by atoms with Gasteiger partial charge in [-0.15, -0.1) is 0 Å². The summed E-state index contributed by atoms with van der Waals surface area (Å²) in [5.41, 5.74) is 2.27. The normalized spacial score (nSPS) is 20.0. The lowest BCUT2D eigenvalue weighted by Crippen LogP contribution is -2.48. The van der Waals surface area contributed by atoms with Crippen molar-refractivity contribution >= 4 is 5.96 Å². The van der Waals surface area contributed by atoms with Gasteiger partial charge in [0.15, 0.2) is 5.96 Å². The molecule has 2 heterocycles. The summed E-state index contributed by atoms with van der Waals surface area (Å²) in [6.45, 7) is 9.78. The van der Waals surface area contributed by atoms with Crippen molar-refractivity contribution in [2.24, 2.45) is 4.99 Å². The SMILES string of the molecule is CCNC(=NCc1cc2c(cc1OC)CC(C)O2)NC1CCN(CCCOC)CC1. The van der Waals surface area contributed by atoms with E-state index in [2.05, 4.69) is 41.5 Å². The molecule has 0 bridgehead atoms. The van der Waals surface area contributed by atoms with Crippen LogP contribution in [0.1, 0.15) is 44.2 Å². The van der Waals surface area contributed by atoms with Gasteiger partial charge in [-0.1, -0.05) is 0 Å². The van der Waals surface area contributed by atoms with Crippen LogP contribution in [0.4, 0.5) is 0 Å². The van der Waals surface area contributed by atoms with E-state index >= 15 is 0 Å². The summed E-state index contributed by atoms with van der Waals surface area (Å²) in [6.07, 6.45) is 4.52. The van der Waals surface area contributed by atoms with Gasteiger partial charge in [0.2, 0.25) is 0 Å². The predicted octanol–water partition coefficient (Wildman–Crippen LogP) is 2.57. The lowest BCUT2D eigenvalue weighted by molar-refractivity contribution is 0.155. The lowest BCUT2D eigenvalue weighted by atomic mass is 10.1. The molecule has 30 heavy (non-hydrogen) atoms. The zero-order chi connectivity index (χ0) is 21.3. The van der Waals surface area contributed by atoms with Crippen molar-refractivity contribution in [2.75, 3.05) is 47.0 Å². The van der Waals surface area contributed by atoms with E-state index in [4.69, 9.17) is 19.2 Å². The summed E-state index contributed by atoms with van der Waals surface area (Å²) in [7, 11) is 3.49. The summed E-state index contributed by atoms with van der Waals surface area (Å²) in [4.78, 5) is 7.36. The van der Waals surface area contributed by atoms with Crippen molar-refractivity contribution in [3.63, 3.8) is 0 Å². The van der Waals surface area contributed by atoms with Crippen molar-refractivity contribution in [3.8, 4) is 11.5 Å². The van der Waals surface area contributed by atoms with E-state index in [9.17, 15) is 0 Å². The van der Waals surface area contributed by atoms with E-state index in [0.29, 0.717) is 12.6 Å². The number of ether oxygens (including phenoxy) is 3. The summed E-state index contributed by atoms with van der Waals surface area (Å²) in [6, 6.07) is 4.64. The number of nitrogens with zero attached hydrogens (tertiary/aromatic N) is 2. The Morgan fingerprint density at radius 1 is 1.27 bits per heavy atom. The smallest absolute Gasteiger partial charge is 0.191 e. The average molecular weight is 419 g/mol. The largest absolute Gasteiger partial charge is 0.496 e. The fourth-order valence-corrected chi connectivity index (χ4v) is 4.21. The number of aliphatic imine (C=N–C) groups is 1. The highest BCUT2D eigenvalue weighted by molar-refractivity contribution is 5.80. The molecule has 2 aliphatic rings. The van der Waals surface area contributed by atoms with Gasteiger partial charge >= 0.3 is 0 Å². The number of nitrogens with one attached hydrogen (secondary N) is 2. The molecule has 0 radical (unpaired) electrons. The molecule has 0 spiro atoms. The molecule has 1 aromatic carbocycles. The number of hydrogen-bond acceptors (Lipinski definition) is 5. The van der Waals surface area contributed by atoms with Crippen molar-refractivity contribution in [1.82, 2.24) is 15.5 Å². The van der Waals surface area contributed by atoms with Crippen molar-refractivity contribution in [3.05, 3.63) is 23.3 Å². The summed E-state index contributed by atoms with van der Waals surface area (Å²) < 4.78 is 16.7. The van der Waals surface area contributed by atoms with Gasteiger partial charge in [0.1, 0.15) is 17.6 Å². The van der Waals surface area contributed by atoms with E-state index in [1.807, 2.05) is 0 Å². The van der Waals surface area contributed by atoms with Crippen LogP contribution in [-0.2, 0) is 17.7 Å². The van der Waals surface area contributed by atoms with Crippen LogP contribution in [0.25, 0.3) is 0 Å². The quantitative estimate of drug-likeness (QED) is 0.365. The van der Waals surface area contributed by atoms with Crippen LogP contribution in [-0.4, -0.2) is 70.0 Å². The Labute approximate surface area is 181 Å². The van der Waals surface area contributed by atoms with Crippen LogP contribution in [0.5, 0.6) is 11.5 Å².